The van der Waals surface area contributed by atoms with Crippen LogP contribution in [0.5, 0.6) is 5.75 Å². The fraction of sp³-hybridized carbons (Fsp3) is 0.417. The zero-order valence-electron chi connectivity index (χ0n) is 18.4. The highest BCUT2D eigenvalue weighted by Crippen LogP contribution is 2.16. The molecule has 30 heavy (non-hydrogen) atoms. The molecular weight excluding hydrogens is 383 g/mol. The van der Waals surface area contributed by atoms with Crippen molar-refractivity contribution >= 4 is 11.8 Å². The first kappa shape index (κ1) is 23.4. The quantitative estimate of drug-likeness (QED) is 0.703. The van der Waals surface area contributed by atoms with Crippen molar-refractivity contribution in [1.29, 1.82) is 0 Å². The van der Waals surface area contributed by atoms with Crippen molar-refractivity contribution in [2.45, 2.75) is 59.2 Å². The van der Waals surface area contributed by atoms with E-state index in [2.05, 4.69) is 5.32 Å². The summed E-state index contributed by atoms with van der Waals surface area (Å²) in [4.78, 5) is 27.5. The molecule has 2 rings (SSSR count). The first-order valence-corrected chi connectivity index (χ1v) is 10.1. The minimum atomic E-state index is -0.664. The lowest BCUT2D eigenvalue weighted by atomic mass is 10.1. The van der Waals surface area contributed by atoms with Crippen molar-refractivity contribution in [2.24, 2.45) is 0 Å². The Labute approximate surface area is 178 Å². The summed E-state index contributed by atoms with van der Waals surface area (Å²) in [7, 11) is 0. The maximum atomic E-state index is 13.3. The molecule has 0 heterocycles. The molecule has 0 saturated heterocycles. The normalized spacial score (nSPS) is 12.2. The number of rotatable bonds is 8. The fourth-order valence-electron chi connectivity index (χ4n) is 3.02. The molecular formula is C24H31FN2O3. The van der Waals surface area contributed by atoms with E-state index in [1.807, 2.05) is 46.8 Å². The molecule has 0 aliphatic carbocycles. The van der Waals surface area contributed by atoms with Crippen molar-refractivity contribution in [3.63, 3.8) is 0 Å². The van der Waals surface area contributed by atoms with Crippen LogP contribution in [0.4, 0.5) is 4.39 Å². The second-order valence-electron chi connectivity index (χ2n) is 8.41. The van der Waals surface area contributed by atoms with Gasteiger partial charge in [0.1, 0.15) is 17.6 Å². The van der Waals surface area contributed by atoms with E-state index in [0.29, 0.717) is 12.2 Å². The third kappa shape index (κ3) is 7.17. The molecule has 0 aromatic heterocycles. The molecule has 0 aliphatic rings. The topological polar surface area (TPSA) is 58.6 Å². The van der Waals surface area contributed by atoms with Crippen LogP contribution < -0.4 is 10.1 Å². The molecule has 1 unspecified atom stereocenters. The van der Waals surface area contributed by atoms with Crippen molar-refractivity contribution in [3.05, 3.63) is 65.5 Å². The van der Waals surface area contributed by atoms with Gasteiger partial charge in [0, 0.05) is 12.1 Å². The van der Waals surface area contributed by atoms with Crippen LogP contribution in [-0.2, 0) is 16.1 Å². The average Bonchev–Trinajstić information content (AvgIpc) is 2.67. The van der Waals surface area contributed by atoms with Gasteiger partial charge in [-0.05, 0) is 63.9 Å². The van der Waals surface area contributed by atoms with Gasteiger partial charge >= 0.3 is 0 Å². The maximum absolute atomic E-state index is 13.3. The Hall–Kier alpha value is -2.89. The van der Waals surface area contributed by atoms with Crippen molar-refractivity contribution in [1.82, 2.24) is 10.2 Å². The lowest BCUT2D eigenvalue weighted by molar-refractivity contribution is -0.143. The predicted molar refractivity (Wildman–Crippen MR) is 116 cm³/mol. The summed E-state index contributed by atoms with van der Waals surface area (Å²) >= 11 is 0. The van der Waals surface area contributed by atoms with E-state index >= 15 is 0 Å². The second kappa shape index (κ2) is 10.2. The number of amides is 2. The van der Waals surface area contributed by atoms with Crippen molar-refractivity contribution in [3.8, 4) is 5.75 Å². The Bertz CT molecular complexity index is 842. The third-order valence-electron chi connectivity index (χ3n) is 4.53. The highest BCUT2D eigenvalue weighted by atomic mass is 19.1. The summed E-state index contributed by atoms with van der Waals surface area (Å²) in [6, 6.07) is 12.7. The van der Waals surface area contributed by atoms with Crippen molar-refractivity contribution < 1.29 is 18.7 Å². The molecule has 0 saturated carbocycles. The molecule has 6 heteroatoms. The van der Waals surface area contributed by atoms with Crippen LogP contribution in [0.25, 0.3) is 0 Å². The molecule has 0 aliphatic heterocycles. The van der Waals surface area contributed by atoms with Gasteiger partial charge in [0.2, 0.25) is 5.91 Å². The van der Waals surface area contributed by atoms with E-state index in [1.54, 1.807) is 24.3 Å². The first-order valence-electron chi connectivity index (χ1n) is 10.1. The molecule has 162 valence electrons. The van der Waals surface area contributed by atoms with Crippen LogP contribution in [0.2, 0.25) is 0 Å². The van der Waals surface area contributed by atoms with E-state index < -0.39 is 11.6 Å². The molecule has 0 spiro atoms. The molecule has 0 bridgehead atoms. The number of hydrogen-bond acceptors (Lipinski definition) is 3. The summed E-state index contributed by atoms with van der Waals surface area (Å²) in [5.41, 5.74) is 1.41. The summed E-state index contributed by atoms with van der Waals surface area (Å²) in [6.45, 7) is 9.51. The fourth-order valence-corrected chi connectivity index (χ4v) is 3.02. The Balaban J connectivity index is 2.21. The zero-order chi connectivity index (χ0) is 22.3. The standard InChI is InChI=1S/C24H31FN2O3/c1-6-21(23(29)26-24(3,4)5)27(15-18-9-11-19(25)12-10-18)22(28)16-30-20-13-7-17(2)8-14-20/h7-14,21H,6,15-16H2,1-5H3,(H,26,29). The minimum absolute atomic E-state index is 0.187. The largest absolute Gasteiger partial charge is 0.484 e. The molecule has 1 N–H and O–H groups in total. The number of benzene rings is 2. The third-order valence-corrected chi connectivity index (χ3v) is 4.53. The molecule has 0 fully saturated rings. The lowest BCUT2D eigenvalue weighted by Gasteiger charge is -2.33. The van der Waals surface area contributed by atoms with Crippen LogP contribution in [0.1, 0.15) is 45.2 Å². The van der Waals surface area contributed by atoms with Crippen LogP contribution in [-0.4, -0.2) is 34.9 Å². The second-order valence-corrected chi connectivity index (χ2v) is 8.41. The van der Waals surface area contributed by atoms with Gasteiger partial charge in [-0.2, -0.15) is 0 Å². The number of hydrogen-bond donors (Lipinski definition) is 1. The molecule has 1 atom stereocenters. The van der Waals surface area contributed by atoms with E-state index in [9.17, 15) is 14.0 Å². The molecule has 0 radical (unpaired) electrons. The lowest BCUT2D eigenvalue weighted by Crippen LogP contribution is -2.54. The maximum Gasteiger partial charge on any atom is 0.261 e. The van der Waals surface area contributed by atoms with Crippen molar-refractivity contribution in [2.75, 3.05) is 6.61 Å². The Morgan fingerprint density at radius 2 is 1.67 bits per heavy atom. The van der Waals surface area contributed by atoms with Gasteiger partial charge in [-0.15, -0.1) is 0 Å². The predicted octanol–water partition coefficient (Wildman–Crippen LogP) is 4.24. The summed E-state index contributed by atoms with van der Waals surface area (Å²) in [5.74, 6) is -0.300. The number of carbonyl (C=O) groups excluding carboxylic acids is 2. The van der Waals surface area contributed by atoms with Crippen LogP contribution >= 0.6 is 0 Å². The van der Waals surface area contributed by atoms with Gasteiger partial charge in [0.15, 0.2) is 6.61 Å². The Morgan fingerprint density at radius 1 is 1.07 bits per heavy atom. The number of nitrogens with zero attached hydrogens (tertiary/aromatic N) is 1. The first-order chi connectivity index (χ1) is 14.1. The van der Waals surface area contributed by atoms with Gasteiger partial charge < -0.3 is 15.0 Å². The number of halogens is 1. The molecule has 2 aromatic carbocycles. The molecule has 5 nitrogen and oxygen atoms in total. The smallest absolute Gasteiger partial charge is 0.261 e. The SMILES string of the molecule is CCC(C(=O)NC(C)(C)C)N(Cc1ccc(F)cc1)C(=O)COc1ccc(C)cc1. The Kier molecular flexibility index (Phi) is 7.98. The molecule has 2 amide bonds. The van der Waals surface area contributed by atoms with E-state index in [1.165, 1.54) is 17.0 Å². The highest BCUT2D eigenvalue weighted by Gasteiger charge is 2.30. The number of ether oxygens (including phenoxy) is 1. The van der Waals surface area contributed by atoms with Gasteiger partial charge in [-0.3, -0.25) is 9.59 Å². The van der Waals surface area contributed by atoms with Gasteiger partial charge in [-0.25, -0.2) is 4.39 Å². The monoisotopic (exact) mass is 414 g/mol. The number of aryl methyl sites for hydroxylation is 1. The van der Waals surface area contributed by atoms with Gasteiger partial charge in [0.05, 0.1) is 0 Å². The van der Waals surface area contributed by atoms with Crippen LogP contribution in [0, 0.1) is 12.7 Å². The van der Waals surface area contributed by atoms with Crippen LogP contribution in [0.15, 0.2) is 48.5 Å². The van der Waals surface area contributed by atoms with Gasteiger partial charge in [-0.1, -0.05) is 36.8 Å². The van der Waals surface area contributed by atoms with Gasteiger partial charge in [0.25, 0.3) is 5.91 Å². The zero-order valence-corrected chi connectivity index (χ0v) is 18.4. The summed E-state index contributed by atoms with van der Waals surface area (Å²) < 4.78 is 18.9. The van der Waals surface area contributed by atoms with E-state index in [0.717, 1.165) is 11.1 Å². The average molecular weight is 415 g/mol. The summed E-state index contributed by atoms with van der Waals surface area (Å²) in [5, 5.41) is 2.95. The number of carbonyl (C=O) groups is 2. The highest BCUT2D eigenvalue weighted by molar-refractivity contribution is 5.88. The van der Waals surface area contributed by atoms with E-state index in [4.69, 9.17) is 4.74 Å². The van der Waals surface area contributed by atoms with Crippen LogP contribution in [0.3, 0.4) is 0 Å². The minimum Gasteiger partial charge on any atom is -0.484 e. The molecule has 2 aromatic rings. The Morgan fingerprint density at radius 3 is 2.20 bits per heavy atom. The van der Waals surface area contributed by atoms with E-state index in [-0.39, 0.29) is 30.8 Å². The number of nitrogens with one attached hydrogen (secondary N) is 1. The summed E-state index contributed by atoms with van der Waals surface area (Å²) in [6.07, 6.45) is 0.444.